The quantitative estimate of drug-likeness (QED) is 0.772. The van der Waals surface area contributed by atoms with E-state index in [0.29, 0.717) is 15.8 Å². The van der Waals surface area contributed by atoms with Crippen molar-refractivity contribution < 1.29 is 9.53 Å². The Balaban J connectivity index is 2.60. The predicted octanol–water partition coefficient (Wildman–Crippen LogP) is 3.03. The van der Waals surface area contributed by atoms with E-state index in [2.05, 4.69) is 0 Å². The van der Waals surface area contributed by atoms with Crippen LogP contribution >= 0.6 is 23.2 Å². The normalized spacial score (nSPS) is 9.52. The monoisotopic (exact) mass is 325 g/mol. The average molecular weight is 326 g/mol. The number of ether oxygens (including phenoxy) is 1. The molecule has 1 amide bonds. The van der Waals surface area contributed by atoms with Gasteiger partial charge in [-0.2, -0.15) is 10.5 Å². The van der Waals surface area contributed by atoms with E-state index in [-0.39, 0.29) is 38.4 Å². The van der Waals surface area contributed by atoms with Crippen molar-refractivity contribution in [2.24, 2.45) is 0 Å². The second-order valence-electron chi connectivity index (χ2n) is 4.09. The fourth-order valence-electron chi connectivity index (χ4n) is 1.58. The maximum Gasteiger partial charge on any atom is 0.260 e. The Kier molecular flexibility index (Phi) is 7.39. The summed E-state index contributed by atoms with van der Waals surface area (Å²) in [5, 5.41) is 18.0. The summed E-state index contributed by atoms with van der Waals surface area (Å²) >= 11 is 11.7. The van der Waals surface area contributed by atoms with E-state index in [1.165, 1.54) is 4.90 Å². The van der Waals surface area contributed by atoms with Gasteiger partial charge >= 0.3 is 0 Å². The van der Waals surface area contributed by atoms with Crippen LogP contribution in [0.15, 0.2) is 18.2 Å². The lowest BCUT2D eigenvalue weighted by atomic mass is 10.3. The zero-order valence-electron chi connectivity index (χ0n) is 11.2. The first-order chi connectivity index (χ1) is 10.1. The summed E-state index contributed by atoms with van der Waals surface area (Å²) in [7, 11) is 0. The molecule has 0 saturated carbocycles. The average Bonchev–Trinajstić information content (AvgIpc) is 2.44. The Morgan fingerprint density at radius 2 is 1.62 bits per heavy atom. The van der Waals surface area contributed by atoms with Gasteiger partial charge in [0.25, 0.3) is 5.91 Å². The predicted molar refractivity (Wildman–Crippen MR) is 79.0 cm³/mol. The molecule has 110 valence electrons. The van der Waals surface area contributed by atoms with Crippen molar-refractivity contribution in [1.82, 2.24) is 4.90 Å². The number of halogens is 2. The highest BCUT2D eigenvalue weighted by Crippen LogP contribution is 2.24. The third-order valence-corrected chi connectivity index (χ3v) is 2.97. The van der Waals surface area contributed by atoms with Crippen molar-refractivity contribution >= 4 is 29.1 Å². The highest BCUT2D eigenvalue weighted by atomic mass is 35.5. The standard InChI is InChI=1S/C14H13Cl2N3O2/c15-11-7-12(16)9-13(8-11)21-10-14(20)19(5-1-3-17)6-2-4-18/h7-9H,1-2,5-6,10H2. The summed E-state index contributed by atoms with van der Waals surface area (Å²) in [6.45, 7) is 0.348. The summed E-state index contributed by atoms with van der Waals surface area (Å²) in [6, 6.07) is 8.59. The summed E-state index contributed by atoms with van der Waals surface area (Å²) in [4.78, 5) is 13.4. The molecule has 0 spiro atoms. The van der Waals surface area contributed by atoms with Crippen molar-refractivity contribution in [3.63, 3.8) is 0 Å². The van der Waals surface area contributed by atoms with Gasteiger partial charge in [-0.15, -0.1) is 0 Å². The lowest BCUT2D eigenvalue weighted by molar-refractivity contribution is -0.133. The number of carbonyl (C=O) groups excluding carboxylic acids is 1. The van der Waals surface area contributed by atoms with Gasteiger partial charge in [0.1, 0.15) is 5.75 Å². The lowest BCUT2D eigenvalue weighted by Crippen LogP contribution is -2.36. The third-order valence-electron chi connectivity index (χ3n) is 2.54. The third kappa shape index (κ3) is 6.35. The summed E-state index contributed by atoms with van der Waals surface area (Å²) in [6.07, 6.45) is 0.417. The van der Waals surface area contributed by atoms with Gasteiger partial charge in [-0.25, -0.2) is 0 Å². The van der Waals surface area contributed by atoms with E-state index < -0.39 is 0 Å². The lowest BCUT2D eigenvalue weighted by Gasteiger charge is -2.20. The highest BCUT2D eigenvalue weighted by molar-refractivity contribution is 6.34. The Hall–Kier alpha value is -1.95. The smallest absolute Gasteiger partial charge is 0.260 e. The molecular formula is C14H13Cl2N3O2. The minimum absolute atomic E-state index is 0.201. The van der Waals surface area contributed by atoms with Crippen LogP contribution in [0.3, 0.4) is 0 Å². The van der Waals surface area contributed by atoms with Crippen molar-refractivity contribution in [2.45, 2.75) is 12.8 Å². The maximum absolute atomic E-state index is 12.0. The number of benzene rings is 1. The van der Waals surface area contributed by atoms with Gasteiger partial charge in [-0.3, -0.25) is 4.79 Å². The van der Waals surface area contributed by atoms with Crippen LogP contribution in [0.5, 0.6) is 5.75 Å². The van der Waals surface area contributed by atoms with Crippen molar-refractivity contribution in [2.75, 3.05) is 19.7 Å². The minimum atomic E-state index is -0.295. The number of carbonyl (C=O) groups is 1. The summed E-state index contributed by atoms with van der Waals surface area (Å²) in [5.74, 6) is 0.0953. The van der Waals surface area contributed by atoms with Gasteiger partial charge in [-0.1, -0.05) is 23.2 Å². The highest BCUT2D eigenvalue weighted by Gasteiger charge is 2.14. The molecule has 0 radical (unpaired) electrons. The van der Waals surface area contributed by atoms with Gasteiger partial charge in [0.15, 0.2) is 6.61 Å². The summed E-state index contributed by atoms with van der Waals surface area (Å²) < 4.78 is 5.34. The maximum atomic E-state index is 12.0. The fourth-order valence-corrected chi connectivity index (χ4v) is 2.09. The van der Waals surface area contributed by atoms with Crippen LogP contribution in [0.2, 0.25) is 10.0 Å². The molecule has 0 aliphatic heterocycles. The second kappa shape index (κ2) is 9.07. The molecule has 1 aromatic carbocycles. The zero-order chi connectivity index (χ0) is 15.7. The van der Waals surface area contributed by atoms with Gasteiger partial charge in [0.05, 0.1) is 25.0 Å². The van der Waals surface area contributed by atoms with Crippen LogP contribution in [-0.4, -0.2) is 30.5 Å². The van der Waals surface area contributed by atoms with E-state index in [1.54, 1.807) is 18.2 Å². The molecule has 0 atom stereocenters. The first-order valence-corrected chi connectivity index (χ1v) is 6.93. The molecule has 0 saturated heterocycles. The first-order valence-electron chi connectivity index (χ1n) is 6.17. The van der Waals surface area contributed by atoms with Crippen molar-refractivity contribution in [3.05, 3.63) is 28.2 Å². The first kappa shape index (κ1) is 17.1. The van der Waals surface area contributed by atoms with E-state index in [0.717, 1.165) is 0 Å². The van der Waals surface area contributed by atoms with Crippen molar-refractivity contribution in [1.29, 1.82) is 10.5 Å². The Morgan fingerprint density at radius 1 is 1.10 bits per heavy atom. The molecular weight excluding hydrogens is 313 g/mol. The molecule has 7 heteroatoms. The van der Waals surface area contributed by atoms with E-state index >= 15 is 0 Å². The Labute approximate surface area is 133 Å². The van der Waals surface area contributed by atoms with E-state index in [4.69, 9.17) is 38.5 Å². The molecule has 1 rings (SSSR count). The van der Waals surface area contributed by atoms with Crippen LogP contribution in [-0.2, 0) is 4.79 Å². The second-order valence-corrected chi connectivity index (χ2v) is 4.96. The minimum Gasteiger partial charge on any atom is -0.484 e. The molecule has 0 aromatic heterocycles. The van der Waals surface area contributed by atoms with Crippen LogP contribution in [0.4, 0.5) is 0 Å². The SMILES string of the molecule is N#CCCN(CCC#N)C(=O)COc1cc(Cl)cc(Cl)c1. The molecule has 0 aliphatic rings. The van der Waals surface area contributed by atoms with Crippen LogP contribution in [0.1, 0.15) is 12.8 Å². The van der Waals surface area contributed by atoms with Gasteiger partial charge < -0.3 is 9.64 Å². The number of nitrogens with zero attached hydrogens (tertiary/aromatic N) is 3. The molecule has 0 heterocycles. The molecule has 0 N–H and O–H groups in total. The Bertz CT molecular complexity index is 540. The molecule has 0 fully saturated rings. The molecule has 0 bridgehead atoms. The molecule has 21 heavy (non-hydrogen) atoms. The van der Waals surface area contributed by atoms with Gasteiger partial charge in [-0.05, 0) is 18.2 Å². The number of nitriles is 2. The largest absolute Gasteiger partial charge is 0.484 e. The van der Waals surface area contributed by atoms with Crippen LogP contribution in [0.25, 0.3) is 0 Å². The molecule has 1 aromatic rings. The number of hydrogen-bond acceptors (Lipinski definition) is 4. The molecule has 5 nitrogen and oxygen atoms in total. The summed E-state index contributed by atoms with van der Waals surface area (Å²) in [5.41, 5.74) is 0. The number of amides is 1. The topological polar surface area (TPSA) is 77.1 Å². The molecule has 0 aliphatic carbocycles. The van der Waals surface area contributed by atoms with Gasteiger partial charge in [0, 0.05) is 23.1 Å². The van der Waals surface area contributed by atoms with E-state index in [1.807, 2.05) is 12.1 Å². The van der Waals surface area contributed by atoms with Crippen LogP contribution in [0, 0.1) is 22.7 Å². The zero-order valence-corrected chi connectivity index (χ0v) is 12.7. The Morgan fingerprint density at radius 3 is 2.10 bits per heavy atom. The van der Waals surface area contributed by atoms with Crippen LogP contribution < -0.4 is 4.74 Å². The fraction of sp³-hybridized carbons (Fsp3) is 0.357. The number of rotatable bonds is 7. The number of hydrogen-bond donors (Lipinski definition) is 0. The van der Waals surface area contributed by atoms with E-state index in [9.17, 15) is 4.79 Å². The van der Waals surface area contributed by atoms with Crippen molar-refractivity contribution in [3.8, 4) is 17.9 Å². The van der Waals surface area contributed by atoms with Gasteiger partial charge in [0.2, 0.25) is 0 Å². The molecule has 0 unspecified atom stereocenters.